The molecule has 0 amide bonds. The van der Waals surface area contributed by atoms with Crippen LogP contribution in [0.1, 0.15) is 4.88 Å². The summed E-state index contributed by atoms with van der Waals surface area (Å²) in [5.74, 6) is 2.05. The molecule has 1 N–H and O–H groups in total. The number of nitrogens with zero attached hydrogens (tertiary/aromatic N) is 3. The first kappa shape index (κ1) is 13.9. The minimum Gasteiger partial charge on any atom is -0.490 e. The molecule has 0 atom stereocenters. The number of ether oxygens (including phenoxy) is 1. The van der Waals surface area contributed by atoms with Crippen LogP contribution in [0.25, 0.3) is 0 Å². The van der Waals surface area contributed by atoms with Crippen molar-refractivity contribution in [1.29, 1.82) is 0 Å². The molecule has 102 valence electrons. The van der Waals surface area contributed by atoms with E-state index >= 15 is 0 Å². The van der Waals surface area contributed by atoms with Crippen molar-refractivity contribution in [2.24, 2.45) is 0 Å². The van der Waals surface area contributed by atoms with Crippen LogP contribution in [0.5, 0.6) is 5.75 Å². The van der Waals surface area contributed by atoms with Gasteiger partial charge in [0.2, 0.25) is 5.75 Å². The molecule has 0 unspecified atom stereocenters. The van der Waals surface area contributed by atoms with Gasteiger partial charge in [-0.15, -0.1) is 11.3 Å². The maximum absolute atomic E-state index is 5.94. The Morgan fingerprint density at radius 2 is 2.21 bits per heavy atom. The van der Waals surface area contributed by atoms with Crippen LogP contribution in [0.4, 0.5) is 11.6 Å². The van der Waals surface area contributed by atoms with Gasteiger partial charge in [-0.2, -0.15) is 0 Å². The fraction of sp³-hybridized carbons (Fsp3) is 0.333. The van der Waals surface area contributed by atoms with Crippen LogP contribution in [-0.2, 0) is 6.54 Å². The Morgan fingerprint density at radius 1 is 1.42 bits per heavy atom. The minimum absolute atomic E-state index is 0.634. The van der Waals surface area contributed by atoms with Crippen LogP contribution < -0.4 is 15.0 Å². The van der Waals surface area contributed by atoms with Crippen molar-refractivity contribution in [3.05, 3.63) is 27.7 Å². The summed E-state index contributed by atoms with van der Waals surface area (Å²) >= 11 is 7.49. The normalized spacial score (nSPS) is 10.3. The summed E-state index contributed by atoms with van der Waals surface area (Å²) in [5.41, 5.74) is 0. The number of anilines is 2. The zero-order valence-electron chi connectivity index (χ0n) is 11.0. The van der Waals surface area contributed by atoms with Gasteiger partial charge in [0.15, 0.2) is 11.6 Å². The Labute approximate surface area is 121 Å². The highest BCUT2D eigenvalue weighted by atomic mass is 35.5. The van der Waals surface area contributed by atoms with Crippen LogP contribution >= 0.6 is 22.9 Å². The summed E-state index contributed by atoms with van der Waals surface area (Å²) in [4.78, 5) is 11.6. The Bertz CT molecular complexity index is 560. The molecule has 5 nitrogen and oxygen atoms in total. The molecule has 7 heteroatoms. The number of methoxy groups -OCH3 is 1. The van der Waals surface area contributed by atoms with Gasteiger partial charge in [0.25, 0.3) is 0 Å². The topological polar surface area (TPSA) is 50.3 Å². The summed E-state index contributed by atoms with van der Waals surface area (Å²) in [5, 5.41) is 2.99. The molecule has 0 aliphatic carbocycles. The van der Waals surface area contributed by atoms with E-state index in [9.17, 15) is 0 Å². The molecular weight excluding hydrogens is 284 g/mol. The van der Waals surface area contributed by atoms with Crippen molar-refractivity contribution in [1.82, 2.24) is 9.97 Å². The fourth-order valence-electron chi connectivity index (χ4n) is 1.75. The maximum atomic E-state index is 5.94. The molecule has 0 radical (unpaired) electrons. The van der Waals surface area contributed by atoms with Crippen LogP contribution in [0.2, 0.25) is 4.34 Å². The molecule has 2 aromatic heterocycles. The monoisotopic (exact) mass is 298 g/mol. The van der Waals surface area contributed by atoms with E-state index in [4.69, 9.17) is 16.3 Å². The Hall–Kier alpha value is -1.53. The molecular formula is C12H15ClN4OS. The molecule has 0 aliphatic heterocycles. The third-order valence-corrected chi connectivity index (χ3v) is 3.83. The van der Waals surface area contributed by atoms with Gasteiger partial charge in [-0.25, -0.2) is 9.97 Å². The molecule has 19 heavy (non-hydrogen) atoms. The van der Waals surface area contributed by atoms with Gasteiger partial charge in [-0.1, -0.05) is 11.6 Å². The van der Waals surface area contributed by atoms with E-state index in [1.807, 2.05) is 24.1 Å². The van der Waals surface area contributed by atoms with Crippen molar-refractivity contribution in [2.45, 2.75) is 6.54 Å². The number of hydrogen-bond acceptors (Lipinski definition) is 6. The first-order chi connectivity index (χ1) is 9.15. The van der Waals surface area contributed by atoms with Gasteiger partial charge in [0.05, 0.1) is 18.0 Å². The Balaban J connectivity index is 2.25. The molecule has 0 saturated carbocycles. The highest BCUT2D eigenvalue weighted by Crippen LogP contribution is 2.32. The molecule has 0 saturated heterocycles. The zero-order valence-corrected chi connectivity index (χ0v) is 12.5. The van der Waals surface area contributed by atoms with Gasteiger partial charge in [0, 0.05) is 19.0 Å². The lowest BCUT2D eigenvalue weighted by atomic mass is 10.4. The Kier molecular flexibility index (Phi) is 4.44. The van der Waals surface area contributed by atoms with Gasteiger partial charge < -0.3 is 15.0 Å². The molecule has 0 aliphatic rings. The van der Waals surface area contributed by atoms with E-state index < -0.39 is 0 Å². The molecule has 2 heterocycles. The van der Waals surface area contributed by atoms with Crippen LogP contribution in [-0.4, -0.2) is 31.2 Å². The van der Waals surface area contributed by atoms with E-state index in [1.165, 1.54) is 11.2 Å². The number of rotatable bonds is 5. The highest BCUT2D eigenvalue weighted by molar-refractivity contribution is 7.16. The molecule has 0 fully saturated rings. The van der Waals surface area contributed by atoms with Crippen molar-refractivity contribution < 1.29 is 4.74 Å². The first-order valence-electron chi connectivity index (χ1n) is 5.67. The molecule has 0 aromatic carbocycles. The minimum atomic E-state index is 0.634. The van der Waals surface area contributed by atoms with E-state index in [1.54, 1.807) is 25.5 Å². The largest absolute Gasteiger partial charge is 0.490 e. The standard InChI is InChI=1S/C12H15ClN4OS/c1-14-11-10(18-3)12(16-7-15-11)17(2)6-8-4-5-9(13)19-8/h4-5,7H,6H2,1-3H3,(H,14,15,16). The predicted molar refractivity (Wildman–Crippen MR) is 79.6 cm³/mol. The summed E-state index contributed by atoms with van der Waals surface area (Å²) in [6.07, 6.45) is 1.52. The van der Waals surface area contributed by atoms with Crippen LogP contribution in [0, 0.1) is 0 Å². The quantitative estimate of drug-likeness (QED) is 0.920. The summed E-state index contributed by atoms with van der Waals surface area (Å²) in [6.45, 7) is 0.716. The average molecular weight is 299 g/mol. The van der Waals surface area contributed by atoms with Crippen molar-refractivity contribution in [3.63, 3.8) is 0 Å². The number of hydrogen-bond donors (Lipinski definition) is 1. The molecule has 2 aromatic rings. The number of nitrogens with one attached hydrogen (secondary N) is 1. The zero-order chi connectivity index (χ0) is 13.8. The fourth-order valence-corrected chi connectivity index (χ4v) is 2.89. The maximum Gasteiger partial charge on any atom is 0.204 e. The highest BCUT2D eigenvalue weighted by Gasteiger charge is 2.15. The van der Waals surface area contributed by atoms with Gasteiger partial charge >= 0.3 is 0 Å². The third-order valence-electron chi connectivity index (χ3n) is 2.61. The summed E-state index contributed by atoms with van der Waals surface area (Å²) in [7, 11) is 5.37. The number of halogens is 1. The number of thiophene rings is 1. The third kappa shape index (κ3) is 3.08. The number of aromatic nitrogens is 2. The van der Waals surface area contributed by atoms with E-state index in [2.05, 4.69) is 15.3 Å². The molecule has 2 rings (SSSR count). The second-order valence-corrected chi connectivity index (χ2v) is 5.69. The van der Waals surface area contributed by atoms with Crippen LogP contribution in [0.15, 0.2) is 18.5 Å². The molecule has 0 bridgehead atoms. The van der Waals surface area contributed by atoms with Crippen molar-refractivity contribution in [3.8, 4) is 5.75 Å². The lowest BCUT2D eigenvalue weighted by molar-refractivity contribution is 0.413. The van der Waals surface area contributed by atoms with E-state index in [0.717, 1.165) is 10.2 Å². The predicted octanol–water partition coefficient (Wildman–Crippen LogP) is 2.88. The van der Waals surface area contributed by atoms with Gasteiger partial charge in [0.1, 0.15) is 6.33 Å². The van der Waals surface area contributed by atoms with E-state index in [-0.39, 0.29) is 0 Å². The Morgan fingerprint density at radius 3 is 2.79 bits per heavy atom. The SMILES string of the molecule is CNc1ncnc(N(C)Cc2ccc(Cl)s2)c1OC. The second-order valence-electron chi connectivity index (χ2n) is 3.89. The smallest absolute Gasteiger partial charge is 0.204 e. The van der Waals surface area contributed by atoms with Crippen molar-refractivity contribution >= 4 is 34.6 Å². The van der Waals surface area contributed by atoms with Gasteiger partial charge in [-0.05, 0) is 12.1 Å². The van der Waals surface area contributed by atoms with Crippen LogP contribution in [0.3, 0.4) is 0 Å². The van der Waals surface area contributed by atoms with Crippen molar-refractivity contribution in [2.75, 3.05) is 31.4 Å². The first-order valence-corrected chi connectivity index (χ1v) is 6.87. The van der Waals surface area contributed by atoms with Gasteiger partial charge in [-0.3, -0.25) is 0 Å². The van der Waals surface area contributed by atoms with E-state index in [0.29, 0.717) is 18.1 Å². The summed E-state index contributed by atoms with van der Waals surface area (Å²) < 4.78 is 6.17. The lowest BCUT2D eigenvalue weighted by Crippen LogP contribution is -2.18. The summed E-state index contributed by atoms with van der Waals surface area (Å²) in [6, 6.07) is 3.90. The molecule has 0 spiro atoms. The average Bonchev–Trinajstić information content (AvgIpc) is 2.82. The lowest BCUT2D eigenvalue weighted by Gasteiger charge is -2.20. The second kappa shape index (κ2) is 6.08.